The Morgan fingerprint density at radius 1 is 1.18 bits per heavy atom. The van der Waals surface area contributed by atoms with Crippen molar-refractivity contribution in [2.45, 2.75) is 63.2 Å². The van der Waals surface area contributed by atoms with Gasteiger partial charge in [0.1, 0.15) is 17.4 Å². The molecular formula is C28H34N4O7S. The molecule has 1 aromatic carbocycles. The summed E-state index contributed by atoms with van der Waals surface area (Å²) in [6, 6.07) is 8.98. The second kappa shape index (κ2) is 12.2. The number of Topliss-reactive ketones (excluding diaryl/α,β-unsaturated/α-hetero) is 1. The fourth-order valence-corrected chi connectivity index (χ4v) is 6.25. The lowest BCUT2D eigenvalue weighted by atomic mass is 10.0. The van der Waals surface area contributed by atoms with Crippen LogP contribution in [0.15, 0.2) is 58.1 Å². The van der Waals surface area contributed by atoms with Crippen molar-refractivity contribution in [1.82, 2.24) is 19.9 Å². The number of rotatable bonds is 9. The fraction of sp³-hybridized carbons (Fsp3) is 0.429. The lowest BCUT2D eigenvalue weighted by molar-refractivity contribution is -0.129. The second-order valence-corrected chi connectivity index (χ2v) is 12.2. The van der Waals surface area contributed by atoms with Crippen LogP contribution in [0.1, 0.15) is 50.6 Å². The smallest absolute Gasteiger partial charge is 0.287 e. The molecule has 11 nitrogen and oxygen atoms in total. The van der Waals surface area contributed by atoms with Gasteiger partial charge in [0.15, 0.2) is 16.6 Å². The Bertz CT molecular complexity index is 1490. The molecule has 0 aliphatic carbocycles. The standard InChI is InChI=1S/C28H34N4O7S/c1-17(2)13-22(31-28(35)25-15-19-14-20(38-4)9-11-24(19)39-25)27(34)30-21-10-8-18(3)32(16-23(21)33)40(36,37)26-7-5-6-12-29-26/h5-7,9,11-12,14-15,17-18,21-22H,8,10,13,16H2,1-4H3,(H,30,34)(H,31,35). The van der Waals surface area contributed by atoms with Crippen molar-refractivity contribution in [1.29, 1.82) is 0 Å². The first kappa shape index (κ1) is 29.2. The number of ether oxygens (including phenoxy) is 1. The Morgan fingerprint density at radius 2 is 1.95 bits per heavy atom. The normalized spacial score (nSPS) is 19.3. The predicted molar refractivity (Wildman–Crippen MR) is 147 cm³/mol. The Hall–Kier alpha value is -3.77. The molecule has 0 saturated carbocycles. The average molecular weight is 571 g/mol. The van der Waals surface area contributed by atoms with Gasteiger partial charge in [-0.15, -0.1) is 0 Å². The van der Waals surface area contributed by atoms with Crippen molar-refractivity contribution in [3.8, 4) is 5.75 Å². The zero-order chi connectivity index (χ0) is 29.0. The minimum atomic E-state index is -4.00. The third kappa shape index (κ3) is 6.50. The van der Waals surface area contributed by atoms with Crippen LogP contribution in [0.25, 0.3) is 11.0 Å². The number of nitrogens with zero attached hydrogens (tertiary/aromatic N) is 2. The highest BCUT2D eigenvalue weighted by Crippen LogP contribution is 2.25. The van der Waals surface area contributed by atoms with E-state index in [1.165, 1.54) is 12.3 Å². The third-order valence-electron chi connectivity index (χ3n) is 6.87. The Labute approximate surface area is 233 Å². The van der Waals surface area contributed by atoms with Crippen LogP contribution in [0.5, 0.6) is 5.75 Å². The van der Waals surface area contributed by atoms with Gasteiger partial charge in [0.05, 0.1) is 19.7 Å². The summed E-state index contributed by atoms with van der Waals surface area (Å²) in [5.74, 6) is -0.806. The van der Waals surface area contributed by atoms with Gasteiger partial charge in [-0.2, -0.15) is 4.31 Å². The molecule has 2 aromatic heterocycles. The van der Waals surface area contributed by atoms with E-state index in [0.717, 1.165) is 4.31 Å². The number of amides is 2. The summed E-state index contributed by atoms with van der Waals surface area (Å²) in [7, 11) is -2.46. The number of carbonyl (C=O) groups excluding carboxylic acids is 3. The van der Waals surface area contributed by atoms with E-state index in [1.54, 1.807) is 50.4 Å². The van der Waals surface area contributed by atoms with E-state index in [4.69, 9.17) is 9.15 Å². The van der Waals surface area contributed by atoms with Gasteiger partial charge in [0, 0.05) is 17.6 Å². The molecule has 0 radical (unpaired) electrons. The minimum absolute atomic E-state index is 0.0412. The van der Waals surface area contributed by atoms with E-state index in [1.807, 2.05) is 13.8 Å². The average Bonchev–Trinajstić information content (AvgIpc) is 3.30. The van der Waals surface area contributed by atoms with E-state index in [2.05, 4.69) is 15.6 Å². The zero-order valence-electron chi connectivity index (χ0n) is 22.9. The van der Waals surface area contributed by atoms with E-state index in [0.29, 0.717) is 29.6 Å². The molecule has 1 saturated heterocycles. The molecule has 3 unspecified atom stereocenters. The van der Waals surface area contributed by atoms with Gasteiger partial charge in [0.25, 0.3) is 15.9 Å². The first-order valence-corrected chi connectivity index (χ1v) is 14.6. The molecule has 2 amide bonds. The molecule has 1 aliphatic heterocycles. The van der Waals surface area contributed by atoms with Gasteiger partial charge in [-0.05, 0) is 68.5 Å². The summed E-state index contributed by atoms with van der Waals surface area (Å²) in [4.78, 5) is 43.5. The molecule has 12 heteroatoms. The number of fused-ring (bicyclic) bond motifs is 1. The molecule has 0 bridgehead atoms. The Balaban J connectivity index is 1.47. The van der Waals surface area contributed by atoms with E-state index >= 15 is 0 Å². The van der Waals surface area contributed by atoms with Crippen LogP contribution in [-0.2, 0) is 19.6 Å². The number of sulfonamides is 1. The van der Waals surface area contributed by atoms with E-state index in [-0.39, 0.29) is 23.1 Å². The lowest BCUT2D eigenvalue weighted by Crippen LogP contribution is -2.52. The summed E-state index contributed by atoms with van der Waals surface area (Å²) in [6.07, 6.45) is 2.31. The number of furan rings is 1. The van der Waals surface area contributed by atoms with Gasteiger partial charge in [-0.3, -0.25) is 14.4 Å². The van der Waals surface area contributed by atoms with Crippen molar-refractivity contribution in [2.24, 2.45) is 5.92 Å². The number of carbonyl (C=O) groups is 3. The minimum Gasteiger partial charge on any atom is -0.497 e. The number of methoxy groups -OCH3 is 1. The van der Waals surface area contributed by atoms with Crippen LogP contribution < -0.4 is 15.4 Å². The van der Waals surface area contributed by atoms with Crippen molar-refractivity contribution in [3.63, 3.8) is 0 Å². The third-order valence-corrected chi connectivity index (χ3v) is 8.75. The summed E-state index contributed by atoms with van der Waals surface area (Å²) in [6.45, 7) is 5.16. The lowest BCUT2D eigenvalue weighted by Gasteiger charge is -2.25. The quantitative estimate of drug-likeness (QED) is 0.399. The Morgan fingerprint density at radius 3 is 2.62 bits per heavy atom. The van der Waals surface area contributed by atoms with Crippen molar-refractivity contribution < 1.29 is 32.0 Å². The number of aromatic nitrogens is 1. The Kier molecular flexibility index (Phi) is 8.89. The van der Waals surface area contributed by atoms with Gasteiger partial charge in [-0.1, -0.05) is 19.9 Å². The highest BCUT2D eigenvalue weighted by Gasteiger charge is 2.38. The van der Waals surface area contributed by atoms with Crippen LogP contribution in [-0.4, -0.2) is 67.1 Å². The van der Waals surface area contributed by atoms with Gasteiger partial charge in [0.2, 0.25) is 5.91 Å². The highest BCUT2D eigenvalue weighted by atomic mass is 32.2. The zero-order valence-corrected chi connectivity index (χ0v) is 23.7. The monoisotopic (exact) mass is 570 g/mol. The summed E-state index contributed by atoms with van der Waals surface area (Å²) in [5, 5.41) is 6.03. The van der Waals surface area contributed by atoms with Crippen LogP contribution in [0.2, 0.25) is 0 Å². The topological polar surface area (TPSA) is 148 Å². The second-order valence-electron chi connectivity index (χ2n) is 10.3. The van der Waals surface area contributed by atoms with Crippen LogP contribution in [0.4, 0.5) is 0 Å². The van der Waals surface area contributed by atoms with Gasteiger partial charge >= 0.3 is 0 Å². The number of benzene rings is 1. The molecule has 3 atom stereocenters. The number of hydrogen-bond donors (Lipinski definition) is 2. The molecular weight excluding hydrogens is 536 g/mol. The van der Waals surface area contributed by atoms with Crippen molar-refractivity contribution in [3.05, 3.63) is 54.4 Å². The number of pyridine rings is 1. The maximum absolute atomic E-state index is 13.3. The van der Waals surface area contributed by atoms with Gasteiger partial charge in [-0.25, -0.2) is 13.4 Å². The number of ketones is 1. The first-order valence-electron chi connectivity index (χ1n) is 13.1. The summed E-state index contributed by atoms with van der Waals surface area (Å²) in [5.41, 5.74) is 0.499. The molecule has 214 valence electrons. The maximum Gasteiger partial charge on any atom is 0.287 e. The SMILES string of the molecule is COc1ccc2oc(C(=O)NC(CC(C)C)C(=O)NC3CCC(C)N(S(=O)(=O)c4ccccn4)CC3=O)cc2c1. The van der Waals surface area contributed by atoms with Gasteiger partial charge < -0.3 is 19.8 Å². The highest BCUT2D eigenvalue weighted by molar-refractivity contribution is 7.89. The molecule has 3 aromatic rings. The van der Waals surface area contributed by atoms with Crippen LogP contribution in [0.3, 0.4) is 0 Å². The van der Waals surface area contributed by atoms with Crippen LogP contribution >= 0.6 is 0 Å². The maximum atomic E-state index is 13.3. The summed E-state index contributed by atoms with van der Waals surface area (Å²) < 4.78 is 38.4. The molecule has 4 rings (SSSR count). The molecule has 3 heterocycles. The van der Waals surface area contributed by atoms with Crippen molar-refractivity contribution >= 4 is 38.6 Å². The summed E-state index contributed by atoms with van der Waals surface area (Å²) >= 11 is 0. The van der Waals surface area contributed by atoms with Crippen LogP contribution in [0, 0.1) is 5.92 Å². The van der Waals surface area contributed by atoms with E-state index < -0.39 is 52.3 Å². The fourth-order valence-electron chi connectivity index (χ4n) is 4.69. The molecule has 1 aliphatic rings. The molecule has 40 heavy (non-hydrogen) atoms. The molecule has 1 fully saturated rings. The number of nitrogens with one attached hydrogen (secondary N) is 2. The van der Waals surface area contributed by atoms with Crippen molar-refractivity contribution in [2.75, 3.05) is 13.7 Å². The molecule has 2 N–H and O–H groups in total. The van der Waals surface area contributed by atoms with E-state index in [9.17, 15) is 22.8 Å². The number of hydrogen-bond acceptors (Lipinski definition) is 8. The molecule has 0 spiro atoms. The predicted octanol–water partition coefficient (Wildman–Crippen LogP) is 2.91. The largest absolute Gasteiger partial charge is 0.497 e. The first-order chi connectivity index (χ1) is 19.0.